The van der Waals surface area contributed by atoms with E-state index >= 15 is 0 Å². The van der Waals surface area contributed by atoms with E-state index < -0.39 is 12.2 Å². The first-order valence-electron chi connectivity index (χ1n) is 7.20. The first kappa shape index (κ1) is 14.1. The number of rotatable bonds is 3. The highest BCUT2D eigenvalue weighted by atomic mass is 19.1. The van der Waals surface area contributed by atoms with Crippen molar-refractivity contribution in [2.45, 2.75) is 32.0 Å². The number of likely N-dealkylation sites (tertiary alicyclic amines) is 1. The molecule has 1 aliphatic rings. The number of nitrogens with zero attached hydrogens (tertiary/aromatic N) is 1. The van der Waals surface area contributed by atoms with E-state index in [1.807, 2.05) is 25.1 Å². The summed E-state index contributed by atoms with van der Waals surface area (Å²) in [6.07, 6.45) is 1.41. The lowest BCUT2D eigenvalue weighted by Gasteiger charge is -2.22. The molecule has 0 unspecified atom stereocenters. The van der Waals surface area contributed by atoms with Gasteiger partial charge in [0.15, 0.2) is 0 Å². The van der Waals surface area contributed by atoms with E-state index in [-0.39, 0.29) is 25.5 Å². The van der Waals surface area contributed by atoms with E-state index in [0.717, 1.165) is 17.4 Å². The Morgan fingerprint density at radius 3 is 3.05 bits per heavy atom. The van der Waals surface area contributed by atoms with Crippen molar-refractivity contribution in [2.75, 3.05) is 13.2 Å². The third-order valence-electron chi connectivity index (χ3n) is 4.11. The summed E-state index contributed by atoms with van der Waals surface area (Å²) in [6.45, 7) is 1.85. The van der Waals surface area contributed by atoms with E-state index in [0.29, 0.717) is 11.1 Å². The van der Waals surface area contributed by atoms with Gasteiger partial charge in [0.2, 0.25) is 0 Å². The fraction of sp³-hybridized carbons (Fsp3) is 0.438. The average molecular weight is 291 g/mol. The number of amides is 1. The number of halogens is 1. The highest BCUT2D eigenvalue weighted by Gasteiger charge is 2.36. The molecule has 2 atom stereocenters. The summed E-state index contributed by atoms with van der Waals surface area (Å²) >= 11 is 0. The second kappa shape index (κ2) is 5.48. The second-order valence-electron chi connectivity index (χ2n) is 5.46. The molecule has 0 spiro atoms. The summed E-state index contributed by atoms with van der Waals surface area (Å²) < 4.78 is 18.9. The molecule has 1 fully saturated rings. The summed E-state index contributed by atoms with van der Waals surface area (Å²) in [5, 5.41) is 10.1. The third kappa shape index (κ3) is 2.42. The van der Waals surface area contributed by atoms with Gasteiger partial charge in [-0.25, -0.2) is 4.39 Å². The lowest BCUT2D eigenvalue weighted by molar-refractivity contribution is 0.0674. The predicted octanol–water partition coefficient (Wildman–Crippen LogP) is 2.54. The number of furan rings is 1. The minimum absolute atomic E-state index is 0.0319. The molecular formula is C16H18FNO3. The molecule has 1 N–H and O–H groups in total. The first-order valence-corrected chi connectivity index (χ1v) is 7.20. The Morgan fingerprint density at radius 1 is 1.52 bits per heavy atom. The van der Waals surface area contributed by atoms with Crippen LogP contribution in [0.4, 0.5) is 4.39 Å². The van der Waals surface area contributed by atoms with Gasteiger partial charge in [-0.05, 0) is 24.1 Å². The minimum Gasteiger partial charge on any atom is -0.463 e. The number of aryl methyl sites for hydroxylation is 1. The van der Waals surface area contributed by atoms with Crippen LogP contribution in [0, 0.1) is 0 Å². The Kier molecular flexibility index (Phi) is 3.68. The highest BCUT2D eigenvalue weighted by molar-refractivity contribution is 6.06. The van der Waals surface area contributed by atoms with Crippen molar-refractivity contribution in [1.29, 1.82) is 0 Å². The predicted molar refractivity (Wildman–Crippen MR) is 77.0 cm³/mol. The first-order chi connectivity index (χ1) is 10.1. The zero-order valence-corrected chi connectivity index (χ0v) is 11.9. The molecule has 1 amide bonds. The summed E-state index contributed by atoms with van der Waals surface area (Å²) in [7, 11) is 0. The number of aliphatic hydroxyl groups is 1. The molecule has 0 bridgehead atoms. The smallest absolute Gasteiger partial charge is 0.258 e. The molecule has 1 aromatic carbocycles. The molecule has 112 valence electrons. The minimum atomic E-state index is -1.07. The van der Waals surface area contributed by atoms with Crippen LogP contribution in [-0.2, 0) is 6.42 Å². The van der Waals surface area contributed by atoms with Crippen LogP contribution >= 0.6 is 0 Å². The molecule has 0 aliphatic carbocycles. The normalized spacial score (nSPS) is 22.1. The third-order valence-corrected chi connectivity index (χ3v) is 4.11. The van der Waals surface area contributed by atoms with Crippen LogP contribution in [0.5, 0.6) is 0 Å². The largest absolute Gasteiger partial charge is 0.463 e. The van der Waals surface area contributed by atoms with Crippen LogP contribution in [0.2, 0.25) is 0 Å². The molecule has 3 rings (SSSR count). The standard InChI is InChI=1S/C16H18FNO3/c1-2-10-3-4-15-13(5-10)14(9-21-15)16(20)18-7-11(17)6-12(18)8-19/h3-5,9,11-12,19H,2,6-8H2,1H3/t11-,12-/m0/s1. The van der Waals surface area contributed by atoms with Crippen LogP contribution in [0.15, 0.2) is 28.9 Å². The second-order valence-corrected chi connectivity index (χ2v) is 5.46. The van der Waals surface area contributed by atoms with E-state index in [4.69, 9.17) is 4.42 Å². The molecular weight excluding hydrogens is 273 g/mol. The van der Waals surface area contributed by atoms with Gasteiger partial charge < -0.3 is 14.4 Å². The van der Waals surface area contributed by atoms with Crippen LogP contribution in [-0.4, -0.2) is 41.3 Å². The zero-order chi connectivity index (χ0) is 15.0. The van der Waals surface area contributed by atoms with Gasteiger partial charge in [-0.15, -0.1) is 0 Å². The zero-order valence-electron chi connectivity index (χ0n) is 11.9. The lowest BCUT2D eigenvalue weighted by Crippen LogP contribution is -2.37. The molecule has 2 aromatic rings. The van der Waals surface area contributed by atoms with Gasteiger partial charge in [0, 0.05) is 11.8 Å². The van der Waals surface area contributed by atoms with Gasteiger partial charge in [0.05, 0.1) is 24.8 Å². The molecule has 21 heavy (non-hydrogen) atoms. The van der Waals surface area contributed by atoms with Gasteiger partial charge >= 0.3 is 0 Å². The SMILES string of the molecule is CCc1ccc2occ(C(=O)N3C[C@@H](F)C[C@H]3CO)c2c1. The monoisotopic (exact) mass is 291 g/mol. The Morgan fingerprint density at radius 2 is 2.33 bits per heavy atom. The maximum Gasteiger partial charge on any atom is 0.258 e. The van der Waals surface area contributed by atoms with E-state index in [2.05, 4.69) is 0 Å². The fourth-order valence-corrected chi connectivity index (χ4v) is 2.90. The summed E-state index contributed by atoms with van der Waals surface area (Å²) in [5.41, 5.74) is 2.20. The number of benzene rings is 1. The Hall–Kier alpha value is -1.88. The summed E-state index contributed by atoms with van der Waals surface area (Å²) in [5.74, 6) is -0.277. The number of carbonyl (C=O) groups excluding carboxylic acids is 1. The van der Waals surface area contributed by atoms with Gasteiger partial charge in [-0.3, -0.25) is 4.79 Å². The number of fused-ring (bicyclic) bond motifs is 1. The summed E-state index contributed by atoms with van der Waals surface area (Å²) in [4.78, 5) is 14.0. The molecule has 0 radical (unpaired) electrons. The maximum atomic E-state index is 13.5. The Balaban J connectivity index is 1.98. The van der Waals surface area contributed by atoms with Gasteiger partial charge in [-0.2, -0.15) is 0 Å². The number of aliphatic hydroxyl groups excluding tert-OH is 1. The molecule has 0 saturated carbocycles. The van der Waals surface area contributed by atoms with Gasteiger partial charge in [0.1, 0.15) is 18.0 Å². The Bertz CT molecular complexity index is 667. The molecule has 1 aliphatic heterocycles. The molecule has 1 saturated heterocycles. The number of hydrogen-bond acceptors (Lipinski definition) is 3. The van der Waals surface area contributed by atoms with Gasteiger partial charge in [-0.1, -0.05) is 13.0 Å². The quantitative estimate of drug-likeness (QED) is 0.945. The van der Waals surface area contributed by atoms with Crippen molar-refractivity contribution in [1.82, 2.24) is 4.90 Å². The highest BCUT2D eigenvalue weighted by Crippen LogP contribution is 2.28. The van der Waals surface area contributed by atoms with Crippen LogP contribution < -0.4 is 0 Å². The van der Waals surface area contributed by atoms with E-state index in [1.165, 1.54) is 11.2 Å². The molecule has 5 heteroatoms. The fourth-order valence-electron chi connectivity index (χ4n) is 2.90. The topological polar surface area (TPSA) is 53.7 Å². The molecule has 2 heterocycles. The van der Waals surface area contributed by atoms with Crippen LogP contribution in [0.3, 0.4) is 0 Å². The van der Waals surface area contributed by atoms with Gasteiger partial charge in [0.25, 0.3) is 5.91 Å². The van der Waals surface area contributed by atoms with Crippen molar-refractivity contribution in [2.24, 2.45) is 0 Å². The lowest BCUT2D eigenvalue weighted by atomic mass is 10.1. The molecule has 1 aromatic heterocycles. The van der Waals surface area contributed by atoms with E-state index in [9.17, 15) is 14.3 Å². The summed E-state index contributed by atoms with van der Waals surface area (Å²) in [6, 6.07) is 5.29. The maximum absolute atomic E-state index is 13.5. The van der Waals surface area contributed by atoms with Crippen molar-refractivity contribution in [3.63, 3.8) is 0 Å². The molecule has 4 nitrogen and oxygen atoms in total. The van der Waals surface area contributed by atoms with E-state index in [1.54, 1.807) is 0 Å². The Labute approximate surface area is 122 Å². The average Bonchev–Trinajstić information content (AvgIpc) is 3.08. The number of alkyl halides is 1. The van der Waals surface area contributed by atoms with Crippen LogP contribution in [0.25, 0.3) is 11.0 Å². The van der Waals surface area contributed by atoms with Crippen molar-refractivity contribution >= 4 is 16.9 Å². The van der Waals surface area contributed by atoms with Crippen molar-refractivity contribution in [3.05, 3.63) is 35.6 Å². The van der Waals surface area contributed by atoms with Crippen molar-refractivity contribution < 1.29 is 18.7 Å². The van der Waals surface area contributed by atoms with Crippen LogP contribution in [0.1, 0.15) is 29.3 Å². The van der Waals surface area contributed by atoms with Crippen molar-refractivity contribution in [3.8, 4) is 0 Å². The number of hydrogen-bond donors (Lipinski definition) is 1. The number of carbonyl (C=O) groups is 1.